The number of hydrogen-bond acceptors (Lipinski definition) is 4. The number of carbonyl (C=O) groups is 2. The average Bonchev–Trinajstić information content (AvgIpc) is 2.54. The van der Waals surface area contributed by atoms with Crippen molar-refractivity contribution in [3.8, 4) is 0 Å². The number of rotatable bonds is 2. The fraction of sp³-hybridized carbons (Fsp3) is 0.312. The smallest absolute Gasteiger partial charge is 0.407 e. The van der Waals surface area contributed by atoms with Gasteiger partial charge < -0.3 is 20.2 Å². The molecule has 1 aromatic heterocycles. The maximum atomic E-state index is 11.1. The Morgan fingerprint density at radius 3 is 2.57 bits per heavy atom. The first-order chi connectivity index (χ1) is 11.0. The van der Waals surface area contributed by atoms with Crippen molar-refractivity contribution in [2.24, 2.45) is 0 Å². The highest BCUT2D eigenvalue weighted by molar-refractivity contribution is 5.92. The Labute approximate surface area is 133 Å². The molecular formula is C16H18N4O3. The third-order valence-electron chi connectivity index (χ3n) is 3.90. The van der Waals surface area contributed by atoms with Crippen molar-refractivity contribution in [3.05, 3.63) is 30.5 Å². The lowest BCUT2D eigenvalue weighted by atomic mass is 10.1. The van der Waals surface area contributed by atoms with Crippen molar-refractivity contribution in [1.82, 2.24) is 9.88 Å². The Bertz CT molecular complexity index is 754. The molecule has 2 aromatic rings. The van der Waals surface area contributed by atoms with Gasteiger partial charge in [0.1, 0.15) is 0 Å². The molecule has 0 atom stereocenters. The van der Waals surface area contributed by atoms with E-state index in [4.69, 9.17) is 5.11 Å². The molecule has 7 heteroatoms. The van der Waals surface area contributed by atoms with Gasteiger partial charge in [0, 0.05) is 44.2 Å². The summed E-state index contributed by atoms with van der Waals surface area (Å²) in [5, 5.41) is 12.7. The van der Waals surface area contributed by atoms with E-state index in [0.717, 1.165) is 16.6 Å². The maximum absolute atomic E-state index is 11.1. The van der Waals surface area contributed by atoms with Crippen molar-refractivity contribution in [2.75, 3.05) is 36.4 Å². The molecule has 2 N–H and O–H groups in total. The number of carbonyl (C=O) groups excluding carboxylic acids is 1. The number of benzene rings is 1. The second-order valence-electron chi connectivity index (χ2n) is 5.54. The van der Waals surface area contributed by atoms with Gasteiger partial charge in [-0.3, -0.25) is 9.78 Å². The predicted molar refractivity (Wildman–Crippen MR) is 87.9 cm³/mol. The first-order valence-electron chi connectivity index (χ1n) is 7.43. The molecule has 0 unspecified atom stereocenters. The summed E-state index contributed by atoms with van der Waals surface area (Å²) in [7, 11) is 0. The molecule has 7 nitrogen and oxygen atoms in total. The summed E-state index contributed by atoms with van der Waals surface area (Å²) in [6, 6.07) is 7.84. The highest BCUT2D eigenvalue weighted by Gasteiger charge is 2.20. The minimum absolute atomic E-state index is 0.126. The maximum Gasteiger partial charge on any atom is 0.407 e. The minimum atomic E-state index is -0.865. The molecule has 0 radical (unpaired) electrons. The molecule has 1 aliphatic heterocycles. The molecule has 120 valence electrons. The summed E-state index contributed by atoms with van der Waals surface area (Å²) in [4.78, 5) is 30.0. The normalized spacial score (nSPS) is 14.8. The van der Waals surface area contributed by atoms with E-state index in [2.05, 4.69) is 15.2 Å². The van der Waals surface area contributed by atoms with Crippen LogP contribution in [0.5, 0.6) is 0 Å². The molecule has 23 heavy (non-hydrogen) atoms. The standard InChI is InChI=1S/C16H18N4O3/c1-11(21)18-13-8-12-2-3-14(9-15(12)17-10-13)19-4-6-20(7-5-19)16(22)23/h2-3,8-10H,4-7H2,1H3,(H,18,21)(H,22,23). The van der Waals surface area contributed by atoms with E-state index in [1.54, 1.807) is 6.20 Å². The Hall–Kier alpha value is -2.83. The Balaban J connectivity index is 1.78. The second kappa shape index (κ2) is 6.12. The molecule has 1 aromatic carbocycles. The van der Waals surface area contributed by atoms with Crippen LogP contribution in [-0.2, 0) is 4.79 Å². The molecule has 0 bridgehead atoms. The van der Waals surface area contributed by atoms with Crippen LogP contribution in [-0.4, -0.2) is 53.2 Å². The zero-order valence-corrected chi connectivity index (χ0v) is 12.8. The fourth-order valence-corrected chi connectivity index (χ4v) is 2.73. The van der Waals surface area contributed by atoms with Crippen LogP contribution >= 0.6 is 0 Å². The topological polar surface area (TPSA) is 85.8 Å². The van der Waals surface area contributed by atoms with Gasteiger partial charge in [0.2, 0.25) is 5.91 Å². The highest BCUT2D eigenvalue weighted by atomic mass is 16.4. The molecule has 0 aliphatic carbocycles. The number of carboxylic acid groups (broad SMARTS) is 1. The van der Waals surface area contributed by atoms with Gasteiger partial charge in [-0.1, -0.05) is 6.07 Å². The number of piperazine rings is 1. The zero-order valence-electron chi connectivity index (χ0n) is 12.8. The van der Waals surface area contributed by atoms with Crippen molar-refractivity contribution in [1.29, 1.82) is 0 Å². The summed E-state index contributed by atoms with van der Waals surface area (Å²) >= 11 is 0. The Kier molecular flexibility index (Phi) is 4.01. The van der Waals surface area contributed by atoms with E-state index >= 15 is 0 Å². The summed E-state index contributed by atoms with van der Waals surface area (Å²) in [5.74, 6) is -0.126. The summed E-state index contributed by atoms with van der Waals surface area (Å²) in [6.45, 7) is 3.80. The number of anilines is 2. The van der Waals surface area contributed by atoms with Crippen LogP contribution in [0.2, 0.25) is 0 Å². The molecular weight excluding hydrogens is 296 g/mol. The van der Waals surface area contributed by atoms with Crippen LogP contribution in [0.4, 0.5) is 16.2 Å². The van der Waals surface area contributed by atoms with Gasteiger partial charge in [0.05, 0.1) is 17.4 Å². The second-order valence-corrected chi connectivity index (χ2v) is 5.54. The quantitative estimate of drug-likeness (QED) is 0.885. The fourth-order valence-electron chi connectivity index (χ4n) is 2.73. The van der Waals surface area contributed by atoms with Crippen LogP contribution in [0, 0.1) is 0 Å². The molecule has 0 saturated carbocycles. The zero-order chi connectivity index (χ0) is 16.4. The van der Waals surface area contributed by atoms with Gasteiger partial charge in [0.15, 0.2) is 0 Å². The molecule has 0 spiro atoms. The lowest BCUT2D eigenvalue weighted by Gasteiger charge is -2.34. The number of hydrogen-bond donors (Lipinski definition) is 2. The first kappa shape index (κ1) is 15.1. The van der Waals surface area contributed by atoms with E-state index in [1.165, 1.54) is 11.8 Å². The molecule has 1 aliphatic rings. The number of amides is 2. The van der Waals surface area contributed by atoms with Crippen LogP contribution in [0.1, 0.15) is 6.92 Å². The minimum Gasteiger partial charge on any atom is -0.465 e. The molecule has 2 amide bonds. The van der Waals surface area contributed by atoms with Crippen molar-refractivity contribution in [3.63, 3.8) is 0 Å². The van der Waals surface area contributed by atoms with Crippen LogP contribution in [0.15, 0.2) is 30.5 Å². The monoisotopic (exact) mass is 314 g/mol. The van der Waals surface area contributed by atoms with Crippen LogP contribution in [0.3, 0.4) is 0 Å². The largest absolute Gasteiger partial charge is 0.465 e. The third kappa shape index (κ3) is 3.33. The predicted octanol–water partition coefficient (Wildman–Crippen LogP) is 1.99. The van der Waals surface area contributed by atoms with Crippen LogP contribution < -0.4 is 10.2 Å². The molecule has 1 fully saturated rings. The van der Waals surface area contributed by atoms with E-state index in [1.807, 2.05) is 24.3 Å². The highest BCUT2D eigenvalue weighted by Crippen LogP contribution is 2.24. The van der Waals surface area contributed by atoms with Crippen molar-refractivity contribution < 1.29 is 14.7 Å². The van der Waals surface area contributed by atoms with Gasteiger partial charge in [-0.2, -0.15) is 0 Å². The lowest BCUT2D eigenvalue weighted by Crippen LogP contribution is -2.48. The summed E-state index contributed by atoms with van der Waals surface area (Å²) < 4.78 is 0. The SMILES string of the molecule is CC(=O)Nc1cnc2cc(N3CCN(C(=O)O)CC3)ccc2c1. The number of nitrogens with one attached hydrogen (secondary N) is 1. The third-order valence-corrected chi connectivity index (χ3v) is 3.90. The molecule has 3 rings (SSSR count). The number of nitrogens with zero attached hydrogens (tertiary/aromatic N) is 3. The molecule has 2 heterocycles. The number of fused-ring (bicyclic) bond motifs is 1. The van der Waals surface area contributed by atoms with Gasteiger partial charge in [-0.25, -0.2) is 4.79 Å². The van der Waals surface area contributed by atoms with Gasteiger partial charge in [0.25, 0.3) is 0 Å². The van der Waals surface area contributed by atoms with Gasteiger partial charge in [-0.15, -0.1) is 0 Å². The lowest BCUT2D eigenvalue weighted by molar-refractivity contribution is -0.114. The van der Waals surface area contributed by atoms with Crippen molar-refractivity contribution >= 4 is 34.3 Å². The van der Waals surface area contributed by atoms with Gasteiger partial charge >= 0.3 is 6.09 Å². The van der Waals surface area contributed by atoms with E-state index < -0.39 is 6.09 Å². The van der Waals surface area contributed by atoms with Gasteiger partial charge in [-0.05, 0) is 18.2 Å². The van der Waals surface area contributed by atoms with Crippen molar-refractivity contribution in [2.45, 2.75) is 6.92 Å². The van der Waals surface area contributed by atoms with E-state index in [9.17, 15) is 9.59 Å². The first-order valence-corrected chi connectivity index (χ1v) is 7.43. The number of aromatic nitrogens is 1. The summed E-state index contributed by atoms with van der Waals surface area (Å²) in [5.41, 5.74) is 2.55. The summed E-state index contributed by atoms with van der Waals surface area (Å²) in [6.07, 6.45) is 0.769. The Morgan fingerprint density at radius 2 is 1.91 bits per heavy atom. The number of pyridine rings is 1. The van der Waals surface area contributed by atoms with Crippen LogP contribution in [0.25, 0.3) is 10.9 Å². The average molecular weight is 314 g/mol. The Morgan fingerprint density at radius 1 is 1.17 bits per heavy atom. The molecule has 1 saturated heterocycles. The van der Waals surface area contributed by atoms with E-state index in [0.29, 0.717) is 31.9 Å². The van der Waals surface area contributed by atoms with E-state index in [-0.39, 0.29) is 5.91 Å².